The van der Waals surface area contributed by atoms with E-state index in [-0.39, 0.29) is 28.4 Å². The first-order chi connectivity index (χ1) is 21.3. The molecule has 4 aromatic carbocycles. The van der Waals surface area contributed by atoms with Crippen LogP contribution in [0, 0.1) is 6.92 Å². The number of aryl methyl sites for hydroxylation is 1. The number of hydrogen-bond acceptors (Lipinski definition) is 7. The van der Waals surface area contributed by atoms with Crippen molar-refractivity contribution in [3.8, 4) is 11.5 Å². The van der Waals surface area contributed by atoms with Crippen LogP contribution in [0.1, 0.15) is 44.1 Å². The van der Waals surface area contributed by atoms with E-state index in [9.17, 15) is 13.0 Å². The van der Waals surface area contributed by atoms with Gasteiger partial charge in [0.05, 0.1) is 29.0 Å². The summed E-state index contributed by atoms with van der Waals surface area (Å²) >= 11 is 0. The highest BCUT2D eigenvalue weighted by Gasteiger charge is 2.30. The van der Waals surface area contributed by atoms with Gasteiger partial charge in [0.1, 0.15) is 21.6 Å². The highest BCUT2D eigenvalue weighted by Crippen LogP contribution is 2.35. The van der Waals surface area contributed by atoms with Gasteiger partial charge in [0.25, 0.3) is 0 Å². The SMILES string of the molecule is Cc1ccc(S(=O)(=O)[O-])cc1.c1ccc([S+](c2cccc(OC3CCCCO3)c2)c2cccc(OC3CCCCO3)c2)cc1. The average Bonchev–Trinajstić information content (AvgIpc) is 3.03. The van der Waals surface area contributed by atoms with Crippen LogP contribution in [0.4, 0.5) is 0 Å². The van der Waals surface area contributed by atoms with E-state index < -0.39 is 10.1 Å². The molecule has 232 valence electrons. The molecule has 0 saturated carbocycles. The third kappa shape index (κ3) is 9.33. The zero-order valence-corrected chi connectivity index (χ0v) is 26.4. The van der Waals surface area contributed by atoms with Gasteiger partial charge in [-0.25, -0.2) is 8.42 Å². The Labute approximate surface area is 263 Å². The van der Waals surface area contributed by atoms with Gasteiger partial charge in [0.15, 0.2) is 27.3 Å². The van der Waals surface area contributed by atoms with E-state index in [4.69, 9.17) is 18.9 Å². The molecule has 0 bridgehead atoms. The molecule has 2 fully saturated rings. The molecule has 7 nitrogen and oxygen atoms in total. The van der Waals surface area contributed by atoms with Crippen LogP contribution in [-0.2, 0) is 30.5 Å². The molecule has 4 aromatic rings. The molecule has 0 spiro atoms. The Balaban J connectivity index is 0.000000296. The predicted octanol–water partition coefficient (Wildman–Crippen LogP) is 7.49. The first-order valence-electron chi connectivity index (χ1n) is 14.9. The zero-order valence-electron chi connectivity index (χ0n) is 24.8. The fourth-order valence-corrected chi connectivity index (χ4v) is 7.54. The molecule has 2 unspecified atom stereocenters. The number of hydrogen-bond donors (Lipinski definition) is 0. The third-order valence-electron chi connectivity index (χ3n) is 7.18. The molecule has 2 heterocycles. The first-order valence-corrected chi connectivity index (χ1v) is 17.6. The Morgan fingerprint density at radius 1 is 0.659 bits per heavy atom. The van der Waals surface area contributed by atoms with E-state index in [0.717, 1.165) is 68.8 Å². The molecular weight excluding hydrogens is 597 g/mol. The molecule has 0 amide bonds. The van der Waals surface area contributed by atoms with Gasteiger partial charge in [-0.15, -0.1) is 0 Å². The van der Waals surface area contributed by atoms with Crippen molar-refractivity contribution in [1.29, 1.82) is 0 Å². The molecule has 0 radical (unpaired) electrons. The Morgan fingerprint density at radius 2 is 1.16 bits per heavy atom. The number of ether oxygens (including phenoxy) is 4. The van der Waals surface area contributed by atoms with Crippen molar-refractivity contribution in [3.05, 3.63) is 109 Å². The Bertz CT molecular complexity index is 1500. The van der Waals surface area contributed by atoms with Gasteiger partial charge in [-0.1, -0.05) is 48.0 Å². The van der Waals surface area contributed by atoms with Crippen LogP contribution in [0.5, 0.6) is 11.5 Å². The van der Waals surface area contributed by atoms with Gasteiger partial charge in [-0.05, 0) is 81.1 Å². The van der Waals surface area contributed by atoms with Crippen LogP contribution >= 0.6 is 0 Å². The molecular formula is C35H38O7S2. The normalized spacial score (nSPS) is 19.2. The lowest BCUT2D eigenvalue weighted by molar-refractivity contribution is -0.106. The maximum absolute atomic E-state index is 10.4. The standard InChI is InChI=1S/C28H31O4S.C7H8O3S/c1-2-12-24(13-3-1)33(25-14-8-10-22(20-25)31-27-16-4-6-18-29-27)26-15-9-11-23(21-26)32-28-17-5-7-19-30-28;1-6-2-4-7(5-3-6)11(8,9)10/h1-3,8-15,20-21,27-28H,4-7,16-19H2;2-5H,1H3,(H,8,9,10)/q+1;/p-1. The Kier molecular flexibility index (Phi) is 11.4. The summed E-state index contributed by atoms with van der Waals surface area (Å²) in [6.07, 6.45) is 6.10. The number of benzene rings is 4. The largest absolute Gasteiger partial charge is 0.744 e. The Morgan fingerprint density at radius 3 is 1.61 bits per heavy atom. The van der Waals surface area contributed by atoms with Crippen molar-refractivity contribution in [1.82, 2.24) is 0 Å². The van der Waals surface area contributed by atoms with E-state index in [1.54, 1.807) is 12.1 Å². The van der Waals surface area contributed by atoms with Gasteiger partial charge in [0, 0.05) is 25.0 Å². The minimum atomic E-state index is -4.27. The monoisotopic (exact) mass is 634 g/mol. The summed E-state index contributed by atoms with van der Waals surface area (Å²) in [6, 6.07) is 33.3. The van der Waals surface area contributed by atoms with Crippen molar-refractivity contribution < 1.29 is 31.9 Å². The molecule has 2 saturated heterocycles. The van der Waals surface area contributed by atoms with Crippen LogP contribution in [0.15, 0.2) is 123 Å². The summed E-state index contributed by atoms with van der Waals surface area (Å²) in [5.74, 6) is 1.71. The summed E-state index contributed by atoms with van der Waals surface area (Å²) in [5.41, 5.74) is 0.928. The van der Waals surface area contributed by atoms with Crippen LogP contribution in [0.2, 0.25) is 0 Å². The first kappa shape index (κ1) is 32.1. The molecule has 2 aliphatic rings. The van der Waals surface area contributed by atoms with Crippen LogP contribution in [0.25, 0.3) is 0 Å². The van der Waals surface area contributed by atoms with Crippen LogP contribution in [-0.4, -0.2) is 38.8 Å². The minimum Gasteiger partial charge on any atom is -0.744 e. The quantitative estimate of drug-likeness (QED) is 0.146. The predicted molar refractivity (Wildman–Crippen MR) is 169 cm³/mol. The smallest absolute Gasteiger partial charge is 0.199 e. The fraction of sp³-hybridized carbons (Fsp3) is 0.314. The summed E-state index contributed by atoms with van der Waals surface area (Å²) in [6.45, 7) is 3.37. The highest BCUT2D eigenvalue weighted by molar-refractivity contribution is 7.97. The second-order valence-corrected chi connectivity index (χ2v) is 14.1. The van der Waals surface area contributed by atoms with Crippen LogP contribution in [0.3, 0.4) is 0 Å². The molecule has 0 aromatic heterocycles. The van der Waals surface area contributed by atoms with Gasteiger partial charge < -0.3 is 23.5 Å². The maximum atomic E-state index is 10.4. The van der Waals surface area contributed by atoms with E-state index in [1.165, 1.54) is 26.8 Å². The lowest BCUT2D eigenvalue weighted by atomic mass is 10.2. The molecule has 6 rings (SSSR count). The highest BCUT2D eigenvalue weighted by atomic mass is 32.2. The summed E-state index contributed by atoms with van der Waals surface area (Å²) in [5, 5.41) is 0. The molecule has 0 aliphatic carbocycles. The van der Waals surface area contributed by atoms with Crippen molar-refractivity contribution in [2.45, 2.75) is 77.6 Å². The topological polar surface area (TPSA) is 94.1 Å². The summed E-state index contributed by atoms with van der Waals surface area (Å²) < 4.78 is 55.1. The van der Waals surface area contributed by atoms with Crippen LogP contribution < -0.4 is 9.47 Å². The van der Waals surface area contributed by atoms with Crippen molar-refractivity contribution in [2.24, 2.45) is 0 Å². The minimum absolute atomic E-state index is 0.153. The van der Waals surface area contributed by atoms with Crippen molar-refractivity contribution in [2.75, 3.05) is 13.2 Å². The third-order valence-corrected chi connectivity index (χ3v) is 10.2. The van der Waals surface area contributed by atoms with Gasteiger partial charge in [-0.3, -0.25) is 0 Å². The molecule has 9 heteroatoms. The average molecular weight is 635 g/mol. The van der Waals surface area contributed by atoms with E-state index in [2.05, 4.69) is 66.7 Å². The second-order valence-electron chi connectivity index (χ2n) is 10.7. The molecule has 0 N–H and O–H groups in total. The van der Waals surface area contributed by atoms with E-state index in [1.807, 2.05) is 19.1 Å². The van der Waals surface area contributed by atoms with E-state index >= 15 is 0 Å². The van der Waals surface area contributed by atoms with Gasteiger partial charge in [-0.2, -0.15) is 0 Å². The van der Waals surface area contributed by atoms with Crippen molar-refractivity contribution in [3.63, 3.8) is 0 Å². The lowest BCUT2D eigenvalue weighted by Crippen LogP contribution is -2.25. The summed E-state index contributed by atoms with van der Waals surface area (Å²) in [4.78, 5) is 3.50. The zero-order chi connectivity index (χ0) is 30.8. The number of rotatable bonds is 8. The molecule has 2 atom stereocenters. The van der Waals surface area contributed by atoms with Crippen molar-refractivity contribution >= 4 is 21.0 Å². The fourth-order valence-electron chi connectivity index (χ4n) is 4.93. The van der Waals surface area contributed by atoms with Gasteiger partial charge >= 0.3 is 0 Å². The molecule has 2 aliphatic heterocycles. The lowest BCUT2D eigenvalue weighted by Gasteiger charge is -2.24. The summed E-state index contributed by atoms with van der Waals surface area (Å²) in [7, 11) is -4.56. The second kappa shape index (κ2) is 15.6. The Hall–Kier alpha value is -3.34. The maximum Gasteiger partial charge on any atom is 0.199 e. The van der Waals surface area contributed by atoms with Gasteiger partial charge in [0.2, 0.25) is 0 Å². The molecule has 44 heavy (non-hydrogen) atoms. The van der Waals surface area contributed by atoms with E-state index in [0.29, 0.717) is 0 Å².